The van der Waals surface area contributed by atoms with Crippen LogP contribution < -0.4 is 10.5 Å². The van der Waals surface area contributed by atoms with Crippen molar-refractivity contribution in [1.29, 1.82) is 0 Å². The van der Waals surface area contributed by atoms with E-state index in [1.807, 2.05) is 19.1 Å². The molecule has 0 unspecified atom stereocenters. The molecule has 2 N–H and O–H groups in total. The van der Waals surface area contributed by atoms with Gasteiger partial charge in [0.05, 0.1) is 6.61 Å². The average molecular weight is 248 g/mol. The summed E-state index contributed by atoms with van der Waals surface area (Å²) in [5.41, 5.74) is 6.94. The van der Waals surface area contributed by atoms with Gasteiger partial charge in [0.25, 0.3) is 0 Å². The van der Waals surface area contributed by atoms with Crippen LogP contribution >= 0.6 is 0 Å². The monoisotopic (exact) mass is 248 g/mol. The van der Waals surface area contributed by atoms with Crippen LogP contribution in [0, 0.1) is 5.92 Å². The van der Waals surface area contributed by atoms with Crippen LogP contribution in [0.1, 0.15) is 57.1 Å². The van der Waals surface area contributed by atoms with Crippen molar-refractivity contribution in [3.05, 3.63) is 23.9 Å². The summed E-state index contributed by atoms with van der Waals surface area (Å²) in [4.78, 5) is 4.25. The van der Waals surface area contributed by atoms with Crippen molar-refractivity contribution in [3.63, 3.8) is 0 Å². The van der Waals surface area contributed by atoms with Gasteiger partial charge in [0.1, 0.15) is 0 Å². The van der Waals surface area contributed by atoms with Crippen molar-refractivity contribution in [1.82, 2.24) is 4.98 Å². The van der Waals surface area contributed by atoms with Crippen LogP contribution in [0.4, 0.5) is 0 Å². The third kappa shape index (κ3) is 3.98. The average Bonchev–Trinajstić information content (AvgIpc) is 2.65. The molecule has 1 fully saturated rings. The molecular formula is C15H24N2O. The Morgan fingerprint density at radius 3 is 2.72 bits per heavy atom. The first-order chi connectivity index (χ1) is 8.75. The molecule has 0 bridgehead atoms. The van der Waals surface area contributed by atoms with Gasteiger partial charge < -0.3 is 10.5 Å². The molecule has 3 nitrogen and oxygen atoms in total. The predicted octanol–water partition coefficient (Wildman–Crippen LogP) is 3.45. The van der Waals surface area contributed by atoms with E-state index in [-0.39, 0.29) is 6.04 Å². The van der Waals surface area contributed by atoms with Gasteiger partial charge in [-0.15, -0.1) is 0 Å². The molecule has 2 rings (SSSR count). The lowest BCUT2D eigenvalue weighted by Gasteiger charge is -2.15. The van der Waals surface area contributed by atoms with Gasteiger partial charge in [-0.2, -0.15) is 0 Å². The highest BCUT2D eigenvalue weighted by Crippen LogP contribution is 2.24. The lowest BCUT2D eigenvalue weighted by molar-refractivity contribution is 0.226. The lowest BCUT2D eigenvalue weighted by atomic mass is 10.0. The highest BCUT2D eigenvalue weighted by molar-refractivity contribution is 5.22. The number of nitrogens with zero attached hydrogens (tertiary/aromatic N) is 1. The predicted molar refractivity (Wildman–Crippen MR) is 73.5 cm³/mol. The molecule has 18 heavy (non-hydrogen) atoms. The topological polar surface area (TPSA) is 48.1 Å². The van der Waals surface area contributed by atoms with Gasteiger partial charge in [-0.25, -0.2) is 4.98 Å². The fourth-order valence-electron chi connectivity index (χ4n) is 2.52. The molecule has 3 heteroatoms. The fourth-order valence-corrected chi connectivity index (χ4v) is 2.52. The minimum atomic E-state index is 0.0354. The van der Waals surface area contributed by atoms with Gasteiger partial charge in [-0.3, -0.25) is 0 Å². The van der Waals surface area contributed by atoms with E-state index in [2.05, 4.69) is 4.98 Å². The van der Waals surface area contributed by atoms with Crippen molar-refractivity contribution in [2.24, 2.45) is 11.7 Å². The Morgan fingerprint density at radius 2 is 2.06 bits per heavy atom. The Balaban J connectivity index is 1.87. The molecule has 0 radical (unpaired) electrons. The Bertz CT molecular complexity index is 357. The highest BCUT2D eigenvalue weighted by atomic mass is 16.5. The minimum Gasteiger partial charge on any atom is -0.477 e. The summed E-state index contributed by atoms with van der Waals surface area (Å²) in [7, 11) is 0. The summed E-state index contributed by atoms with van der Waals surface area (Å²) in [5.74, 6) is 1.42. The van der Waals surface area contributed by atoms with Gasteiger partial charge in [0.15, 0.2) is 0 Å². The lowest BCUT2D eigenvalue weighted by Crippen LogP contribution is -2.12. The molecule has 1 aromatic rings. The normalized spacial score (nSPS) is 19.2. The Labute approximate surface area is 110 Å². The summed E-state index contributed by atoms with van der Waals surface area (Å²) in [6.07, 6.45) is 9.84. The zero-order valence-electron chi connectivity index (χ0n) is 11.3. The summed E-state index contributed by atoms with van der Waals surface area (Å²) in [6, 6.07) is 3.94. The van der Waals surface area contributed by atoms with Crippen LogP contribution in [-0.4, -0.2) is 11.6 Å². The third-order valence-corrected chi connectivity index (χ3v) is 3.73. The van der Waals surface area contributed by atoms with E-state index >= 15 is 0 Å². The van der Waals surface area contributed by atoms with Gasteiger partial charge in [-0.1, -0.05) is 25.7 Å². The Kier molecular flexibility index (Phi) is 5.00. The maximum absolute atomic E-state index is 5.86. The zero-order chi connectivity index (χ0) is 12.8. The second kappa shape index (κ2) is 6.74. The van der Waals surface area contributed by atoms with E-state index < -0.39 is 0 Å². The molecule has 1 atom stereocenters. The summed E-state index contributed by atoms with van der Waals surface area (Å²) < 4.78 is 5.83. The Morgan fingerprint density at radius 1 is 1.33 bits per heavy atom. The van der Waals surface area contributed by atoms with E-state index in [9.17, 15) is 0 Å². The molecule has 0 aliphatic heterocycles. The summed E-state index contributed by atoms with van der Waals surface area (Å²) in [5, 5.41) is 0. The van der Waals surface area contributed by atoms with Gasteiger partial charge in [0.2, 0.25) is 5.88 Å². The molecule has 1 aliphatic carbocycles. The first-order valence-corrected chi connectivity index (χ1v) is 7.10. The van der Waals surface area contributed by atoms with Crippen molar-refractivity contribution in [2.75, 3.05) is 6.61 Å². The SMILES string of the molecule is C[C@@H](N)c1ccnc(OCC2CCCCCC2)c1. The largest absolute Gasteiger partial charge is 0.477 e. The maximum Gasteiger partial charge on any atom is 0.213 e. The standard InChI is InChI=1S/C15H24N2O/c1-12(16)14-8-9-17-15(10-14)18-11-13-6-4-2-3-5-7-13/h8-10,12-13H,2-7,11,16H2,1H3/t12-/m1/s1. The van der Waals surface area contributed by atoms with Crippen LogP contribution in [0.25, 0.3) is 0 Å². The maximum atomic E-state index is 5.86. The number of aromatic nitrogens is 1. The van der Waals surface area contributed by atoms with Gasteiger partial charge >= 0.3 is 0 Å². The highest BCUT2D eigenvalue weighted by Gasteiger charge is 2.13. The van der Waals surface area contributed by atoms with Crippen LogP contribution in [-0.2, 0) is 0 Å². The van der Waals surface area contributed by atoms with Crippen LogP contribution in [0.15, 0.2) is 18.3 Å². The number of hydrogen-bond acceptors (Lipinski definition) is 3. The molecule has 0 saturated heterocycles. The molecular weight excluding hydrogens is 224 g/mol. The van der Waals surface area contributed by atoms with Crippen molar-refractivity contribution >= 4 is 0 Å². The number of rotatable bonds is 4. The molecule has 1 aliphatic rings. The first kappa shape index (κ1) is 13.3. The molecule has 100 valence electrons. The molecule has 1 aromatic heterocycles. The molecule has 0 aromatic carbocycles. The van der Waals surface area contributed by atoms with E-state index in [1.165, 1.54) is 38.5 Å². The smallest absolute Gasteiger partial charge is 0.213 e. The molecule has 0 spiro atoms. The second-order valence-electron chi connectivity index (χ2n) is 5.38. The zero-order valence-corrected chi connectivity index (χ0v) is 11.3. The Hall–Kier alpha value is -1.09. The van der Waals surface area contributed by atoms with E-state index in [0.29, 0.717) is 11.8 Å². The molecule has 1 heterocycles. The van der Waals surface area contributed by atoms with E-state index in [1.54, 1.807) is 6.20 Å². The number of pyridine rings is 1. The van der Waals surface area contributed by atoms with E-state index in [4.69, 9.17) is 10.5 Å². The summed E-state index contributed by atoms with van der Waals surface area (Å²) >= 11 is 0. The molecule has 0 amide bonds. The summed E-state index contributed by atoms with van der Waals surface area (Å²) in [6.45, 7) is 2.78. The van der Waals surface area contributed by atoms with Gasteiger partial charge in [-0.05, 0) is 37.3 Å². The number of ether oxygens (including phenoxy) is 1. The fraction of sp³-hybridized carbons (Fsp3) is 0.667. The second-order valence-corrected chi connectivity index (χ2v) is 5.38. The number of nitrogens with two attached hydrogens (primary N) is 1. The number of hydrogen-bond donors (Lipinski definition) is 1. The minimum absolute atomic E-state index is 0.0354. The molecule has 1 saturated carbocycles. The quantitative estimate of drug-likeness (QED) is 0.830. The van der Waals surface area contributed by atoms with Crippen LogP contribution in [0.5, 0.6) is 5.88 Å². The first-order valence-electron chi connectivity index (χ1n) is 7.10. The third-order valence-electron chi connectivity index (χ3n) is 3.73. The van der Waals surface area contributed by atoms with Crippen LogP contribution in [0.2, 0.25) is 0 Å². The van der Waals surface area contributed by atoms with Gasteiger partial charge in [0, 0.05) is 18.3 Å². The van der Waals surface area contributed by atoms with Crippen LogP contribution in [0.3, 0.4) is 0 Å². The van der Waals surface area contributed by atoms with Crippen molar-refractivity contribution < 1.29 is 4.74 Å². The van der Waals surface area contributed by atoms with E-state index in [0.717, 1.165) is 12.2 Å². The van der Waals surface area contributed by atoms with Crippen molar-refractivity contribution in [3.8, 4) is 5.88 Å². The van der Waals surface area contributed by atoms with Crippen molar-refractivity contribution in [2.45, 2.75) is 51.5 Å².